The number of carbonyl (C=O) groups excluding carboxylic acids is 2. The molecule has 3 N–H and O–H groups in total. The van der Waals surface area contributed by atoms with Crippen LogP contribution in [0, 0.1) is 0 Å². The number of primary amides is 1. The van der Waals surface area contributed by atoms with Gasteiger partial charge in [0.05, 0.1) is 22.5 Å². The number of nitrogens with one attached hydrogen (secondary N) is 1. The van der Waals surface area contributed by atoms with Crippen LogP contribution in [-0.2, 0) is 11.8 Å². The van der Waals surface area contributed by atoms with E-state index in [2.05, 4.69) is 20.9 Å². The van der Waals surface area contributed by atoms with Crippen molar-refractivity contribution >= 4 is 45.0 Å². The number of alkyl halides is 10. The molecular formula is C23H11BrClF10N3O2. The Morgan fingerprint density at radius 3 is 2.00 bits per heavy atom. The van der Waals surface area contributed by atoms with Crippen molar-refractivity contribution in [1.29, 1.82) is 0 Å². The SMILES string of the molecule is NC(=O)c1ccc(Cl)nc1-c1cccc(C(=O)Nc2c(Br)cc(C(F)(C(F)(F)F)C(F)(F)F)cc2C(F)(F)F)c1. The van der Waals surface area contributed by atoms with E-state index in [1.54, 1.807) is 5.32 Å². The van der Waals surface area contributed by atoms with E-state index in [1.807, 2.05) is 0 Å². The van der Waals surface area contributed by atoms with E-state index in [9.17, 15) is 53.5 Å². The van der Waals surface area contributed by atoms with Crippen LogP contribution in [0.3, 0.4) is 0 Å². The molecule has 0 unspecified atom stereocenters. The molecule has 3 aromatic rings. The number of anilines is 1. The number of aromatic nitrogens is 1. The summed E-state index contributed by atoms with van der Waals surface area (Å²) in [5, 5.41) is 1.67. The maximum absolute atomic E-state index is 14.5. The van der Waals surface area contributed by atoms with E-state index in [0.717, 1.165) is 12.1 Å². The quantitative estimate of drug-likeness (QED) is 0.215. The van der Waals surface area contributed by atoms with Gasteiger partial charge in [-0.3, -0.25) is 9.59 Å². The van der Waals surface area contributed by atoms with Crippen molar-refractivity contribution in [3.8, 4) is 11.3 Å². The molecule has 2 amide bonds. The Bertz CT molecular complexity index is 1480. The van der Waals surface area contributed by atoms with E-state index < -0.39 is 63.4 Å². The minimum absolute atomic E-state index is 0.0481. The van der Waals surface area contributed by atoms with Gasteiger partial charge in [0.2, 0.25) is 0 Å². The fourth-order valence-corrected chi connectivity index (χ4v) is 4.20. The zero-order valence-electron chi connectivity index (χ0n) is 19.0. The Morgan fingerprint density at radius 1 is 0.875 bits per heavy atom. The first-order valence-corrected chi connectivity index (χ1v) is 11.5. The number of hydrogen-bond donors (Lipinski definition) is 2. The van der Waals surface area contributed by atoms with Crippen molar-refractivity contribution in [3.05, 3.63) is 80.4 Å². The largest absolute Gasteiger partial charge is 0.435 e. The molecule has 5 nitrogen and oxygen atoms in total. The minimum Gasteiger partial charge on any atom is -0.366 e. The van der Waals surface area contributed by atoms with Gasteiger partial charge in [-0.25, -0.2) is 9.37 Å². The molecule has 0 aliphatic carbocycles. The zero-order chi connectivity index (χ0) is 30.4. The third kappa shape index (κ3) is 5.87. The zero-order valence-corrected chi connectivity index (χ0v) is 21.3. The molecule has 1 heterocycles. The molecule has 214 valence electrons. The molecule has 0 saturated carbocycles. The molecule has 17 heteroatoms. The molecule has 0 fully saturated rings. The molecule has 0 atom stereocenters. The van der Waals surface area contributed by atoms with Gasteiger partial charge >= 0.3 is 24.2 Å². The van der Waals surface area contributed by atoms with Gasteiger partial charge in [-0.2, -0.15) is 39.5 Å². The van der Waals surface area contributed by atoms with Crippen molar-refractivity contribution < 1.29 is 53.5 Å². The summed E-state index contributed by atoms with van der Waals surface area (Å²) >= 11 is 8.25. The van der Waals surface area contributed by atoms with Crippen LogP contribution in [0.2, 0.25) is 5.15 Å². The fraction of sp³-hybridized carbons (Fsp3) is 0.174. The highest BCUT2D eigenvalue weighted by atomic mass is 79.9. The number of carbonyl (C=O) groups is 2. The van der Waals surface area contributed by atoms with Crippen LogP contribution < -0.4 is 11.1 Å². The van der Waals surface area contributed by atoms with Gasteiger partial charge in [0.25, 0.3) is 11.8 Å². The van der Waals surface area contributed by atoms with Gasteiger partial charge < -0.3 is 11.1 Å². The molecule has 0 aliphatic heterocycles. The van der Waals surface area contributed by atoms with E-state index in [0.29, 0.717) is 0 Å². The maximum Gasteiger partial charge on any atom is 0.435 e. The normalized spacial score (nSPS) is 12.8. The average Bonchev–Trinajstić information content (AvgIpc) is 2.82. The van der Waals surface area contributed by atoms with Crippen LogP contribution in [0.25, 0.3) is 11.3 Å². The van der Waals surface area contributed by atoms with Crippen LogP contribution >= 0.6 is 27.5 Å². The Balaban J connectivity index is 2.13. The predicted molar refractivity (Wildman–Crippen MR) is 125 cm³/mol. The van der Waals surface area contributed by atoms with Crippen LogP contribution in [-0.4, -0.2) is 29.2 Å². The molecule has 0 aliphatic rings. The summed E-state index contributed by atoms with van der Waals surface area (Å²) in [6.45, 7) is 0. The van der Waals surface area contributed by atoms with Gasteiger partial charge in [0, 0.05) is 21.2 Å². The molecule has 1 aromatic heterocycles. The van der Waals surface area contributed by atoms with E-state index in [-0.39, 0.29) is 33.6 Å². The molecule has 3 rings (SSSR count). The second-order valence-electron chi connectivity index (χ2n) is 7.96. The van der Waals surface area contributed by atoms with Gasteiger partial charge in [-0.1, -0.05) is 23.7 Å². The summed E-state index contributed by atoms with van der Waals surface area (Å²) < 4.78 is 134. The minimum atomic E-state index is -6.68. The number of hydrogen-bond acceptors (Lipinski definition) is 3. The van der Waals surface area contributed by atoms with Crippen LogP contribution in [0.5, 0.6) is 0 Å². The van der Waals surface area contributed by atoms with Crippen LogP contribution in [0.1, 0.15) is 31.8 Å². The molecule has 0 spiro atoms. The number of halogens is 12. The Kier molecular flexibility index (Phi) is 8.20. The lowest BCUT2D eigenvalue weighted by Gasteiger charge is -2.31. The van der Waals surface area contributed by atoms with Crippen LogP contribution in [0.15, 0.2) is 53.0 Å². The Morgan fingerprint density at radius 2 is 1.48 bits per heavy atom. The van der Waals surface area contributed by atoms with Crippen molar-refractivity contribution in [2.75, 3.05) is 5.32 Å². The second kappa shape index (κ2) is 10.5. The smallest absolute Gasteiger partial charge is 0.366 e. The molecular weight excluding hydrogens is 656 g/mol. The van der Waals surface area contributed by atoms with Crippen molar-refractivity contribution in [3.63, 3.8) is 0 Å². The molecule has 0 bridgehead atoms. The first kappa shape index (κ1) is 31.1. The standard InChI is InChI=1S/C23H11BrClF10N3O2/c24-14-8-11(20(26,22(30,31)32)23(33,34)35)7-13(21(27,28)29)17(14)38-19(40)10-3-1-2-9(6-10)16-12(18(36)39)4-5-15(25)37-16/h1-8H,(H2,36,39)(H,38,40). The maximum atomic E-state index is 14.5. The highest BCUT2D eigenvalue weighted by molar-refractivity contribution is 9.10. The van der Waals surface area contributed by atoms with E-state index >= 15 is 0 Å². The predicted octanol–water partition coefficient (Wildman–Crippen LogP) is 7.82. The van der Waals surface area contributed by atoms with E-state index in [1.165, 1.54) is 24.3 Å². The summed E-state index contributed by atoms with van der Waals surface area (Å²) in [6.07, 6.45) is -19.0. The summed E-state index contributed by atoms with van der Waals surface area (Å²) in [4.78, 5) is 28.5. The lowest BCUT2D eigenvalue weighted by atomic mass is 9.92. The highest BCUT2D eigenvalue weighted by Gasteiger charge is 2.73. The molecule has 0 radical (unpaired) electrons. The van der Waals surface area contributed by atoms with Gasteiger partial charge in [0.15, 0.2) is 0 Å². The average molecular weight is 667 g/mol. The number of nitrogens with two attached hydrogens (primary N) is 1. The monoisotopic (exact) mass is 665 g/mol. The number of nitrogens with zero attached hydrogens (tertiary/aromatic N) is 1. The van der Waals surface area contributed by atoms with Gasteiger partial charge in [-0.05, 0) is 52.3 Å². The first-order valence-electron chi connectivity index (χ1n) is 10.3. The third-order valence-corrected chi connectivity index (χ3v) is 6.17. The molecule has 40 heavy (non-hydrogen) atoms. The van der Waals surface area contributed by atoms with Crippen molar-refractivity contribution in [1.82, 2.24) is 4.98 Å². The van der Waals surface area contributed by atoms with Crippen LogP contribution in [0.4, 0.5) is 49.6 Å². The van der Waals surface area contributed by atoms with E-state index in [4.69, 9.17) is 17.3 Å². The summed E-state index contributed by atoms with van der Waals surface area (Å²) in [7, 11) is 0. The summed E-state index contributed by atoms with van der Waals surface area (Å²) in [6, 6.07) is 6.31. The molecule has 0 saturated heterocycles. The second-order valence-corrected chi connectivity index (χ2v) is 9.20. The number of pyridine rings is 1. The topological polar surface area (TPSA) is 85.1 Å². The van der Waals surface area contributed by atoms with Crippen molar-refractivity contribution in [2.24, 2.45) is 5.73 Å². The lowest BCUT2D eigenvalue weighted by Crippen LogP contribution is -2.50. The first-order chi connectivity index (χ1) is 18.2. The lowest BCUT2D eigenvalue weighted by molar-refractivity contribution is -0.348. The summed E-state index contributed by atoms with van der Waals surface area (Å²) in [5.41, 5.74) is -7.37. The Labute approximate surface area is 230 Å². The number of rotatable bonds is 5. The van der Waals surface area contributed by atoms with Crippen molar-refractivity contribution in [2.45, 2.75) is 24.2 Å². The van der Waals surface area contributed by atoms with Gasteiger partial charge in [0.1, 0.15) is 5.15 Å². The molecule has 2 aromatic carbocycles. The number of amides is 2. The third-order valence-electron chi connectivity index (χ3n) is 5.34. The van der Waals surface area contributed by atoms with Gasteiger partial charge in [-0.15, -0.1) is 0 Å². The number of benzene rings is 2. The highest BCUT2D eigenvalue weighted by Crippen LogP contribution is 2.55. The Hall–Kier alpha value is -3.40. The summed E-state index contributed by atoms with van der Waals surface area (Å²) in [5.74, 6) is -2.25. The fourth-order valence-electron chi connectivity index (χ4n) is 3.49.